The minimum atomic E-state index is -0.858. The summed E-state index contributed by atoms with van der Waals surface area (Å²) in [7, 11) is 2.13. The van der Waals surface area contributed by atoms with Crippen LogP contribution in [0.3, 0.4) is 0 Å². The van der Waals surface area contributed by atoms with Crippen LogP contribution in [0.5, 0.6) is 5.75 Å². The Morgan fingerprint density at radius 1 is 1.20 bits per heavy atom. The molecule has 0 radical (unpaired) electrons. The fourth-order valence-electron chi connectivity index (χ4n) is 7.50. The maximum atomic E-state index is 13.6. The van der Waals surface area contributed by atoms with Crippen LogP contribution in [0, 0.1) is 17.8 Å². The van der Waals surface area contributed by atoms with E-state index in [1.54, 1.807) is 0 Å². The summed E-state index contributed by atoms with van der Waals surface area (Å²) in [6, 6.07) is 15.9. The number of benzene rings is 2. The van der Waals surface area contributed by atoms with E-state index in [4.69, 9.17) is 4.74 Å². The quantitative estimate of drug-likeness (QED) is 0.699. The summed E-state index contributed by atoms with van der Waals surface area (Å²) in [6.45, 7) is 5.81. The van der Waals surface area contributed by atoms with Crippen molar-refractivity contribution >= 4 is 5.91 Å². The van der Waals surface area contributed by atoms with E-state index in [1.807, 2.05) is 41.3 Å². The molecule has 2 heterocycles. The third-order valence-electron chi connectivity index (χ3n) is 8.91. The molecule has 35 heavy (non-hydrogen) atoms. The van der Waals surface area contributed by atoms with Crippen LogP contribution >= 0.6 is 0 Å². The Labute approximate surface area is 208 Å². The number of hydrogen-bond acceptors (Lipinski definition) is 4. The molecule has 2 aromatic rings. The summed E-state index contributed by atoms with van der Waals surface area (Å²) in [5.41, 5.74) is 1.98. The van der Waals surface area contributed by atoms with Gasteiger partial charge < -0.3 is 19.6 Å². The lowest BCUT2D eigenvalue weighted by Crippen LogP contribution is -2.78. The second kappa shape index (κ2) is 8.11. The number of carbonyl (C=O) groups is 1. The van der Waals surface area contributed by atoms with Gasteiger partial charge in [0, 0.05) is 29.6 Å². The van der Waals surface area contributed by atoms with Crippen LogP contribution < -0.4 is 4.74 Å². The maximum Gasteiger partial charge on any atom is 0.299 e. The molecule has 1 N–H and O–H groups in total. The van der Waals surface area contributed by atoms with E-state index in [0.29, 0.717) is 25.3 Å². The molecule has 2 bridgehead atoms. The van der Waals surface area contributed by atoms with Crippen molar-refractivity contribution in [1.29, 1.82) is 0 Å². The largest absolute Gasteiger partial charge is 0.487 e. The zero-order valence-electron chi connectivity index (χ0n) is 20.8. The van der Waals surface area contributed by atoms with Gasteiger partial charge in [0.15, 0.2) is 0 Å². The molecule has 5 nitrogen and oxygen atoms in total. The Balaban J connectivity index is 1.42. The number of piperidine rings is 1. The van der Waals surface area contributed by atoms with Gasteiger partial charge in [0.05, 0.1) is 17.1 Å². The van der Waals surface area contributed by atoms with Gasteiger partial charge in [-0.3, -0.25) is 4.79 Å². The highest BCUT2D eigenvalue weighted by Crippen LogP contribution is 2.64. The molecule has 1 saturated carbocycles. The van der Waals surface area contributed by atoms with Crippen LogP contribution in [0.25, 0.3) is 0 Å². The molecule has 1 amide bonds. The van der Waals surface area contributed by atoms with Crippen molar-refractivity contribution in [2.75, 3.05) is 20.1 Å². The number of rotatable bonds is 3. The van der Waals surface area contributed by atoms with Crippen molar-refractivity contribution < 1.29 is 14.6 Å². The number of ether oxygens (including phenoxy) is 1. The van der Waals surface area contributed by atoms with Crippen LogP contribution in [-0.2, 0) is 16.6 Å². The Kier molecular flexibility index (Phi) is 5.25. The van der Waals surface area contributed by atoms with Gasteiger partial charge in [-0.2, -0.15) is 0 Å². The number of nitrogens with zero attached hydrogens (tertiary/aromatic N) is 2. The molecule has 5 heteroatoms. The average Bonchev–Trinajstić information content (AvgIpc) is 3.19. The highest BCUT2D eigenvalue weighted by Gasteiger charge is 2.72. The molecule has 4 aliphatic rings. The third-order valence-corrected chi connectivity index (χ3v) is 8.91. The summed E-state index contributed by atoms with van der Waals surface area (Å²) in [5.74, 6) is 7.02. The van der Waals surface area contributed by atoms with E-state index < -0.39 is 11.0 Å². The first-order valence-electron chi connectivity index (χ1n) is 12.9. The fourth-order valence-corrected chi connectivity index (χ4v) is 7.50. The molecule has 2 aliphatic heterocycles. The van der Waals surface area contributed by atoms with Crippen molar-refractivity contribution in [3.05, 3.63) is 65.2 Å². The van der Waals surface area contributed by atoms with Crippen molar-refractivity contribution in [2.45, 2.75) is 68.7 Å². The minimum absolute atomic E-state index is 0.0660. The fraction of sp³-hybridized carbons (Fsp3) is 0.500. The summed E-state index contributed by atoms with van der Waals surface area (Å²) in [6.07, 6.45) is 2.78. The van der Waals surface area contributed by atoms with E-state index in [1.165, 1.54) is 11.1 Å². The lowest BCUT2D eigenvalue weighted by molar-refractivity contribution is -0.197. The Hall–Kier alpha value is -2.81. The third kappa shape index (κ3) is 3.20. The maximum absolute atomic E-state index is 13.6. The molecule has 1 saturated heterocycles. The molecule has 5 atom stereocenters. The monoisotopic (exact) mass is 470 g/mol. The van der Waals surface area contributed by atoms with Crippen LogP contribution in [0.2, 0.25) is 0 Å². The highest BCUT2D eigenvalue weighted by atomic mass is 16.5. The molecule has 1 spiro atoms. The Morgan fingerprint density at radius 2 is 2.00 bits per heavy atom. The van der Waals surface area contributed by atoms with Crippen molar-refractivity contribution in [1.82, 2.24) is 9.80 Å². The number of carbonyl (C=O) groups excluding carboxylic acids is 1. The van der Waals surface area contributed by atoms with Crippen LogP contribution in [-0.4, -0.2) is 64.7 Å². The standard InChI is InChI=1S/C30H34N2O3/c1-20(2)19-32(26(33)13-12-21-8-5-4-6-9-21)23-14-15-30(34)25-18-22-10-7-11-24-27(22)29(30,28(23)35-24)16-17-31(25)3/h4-11,20,23,25,28,34H,14-19H2,1-3H3/t23-,25-,28+,29+,30-/m1/s1. The van der Waals surface area contributed by atoms with Crippen LogP contribution in [0.15, 0.2) is 48.5 Å². The first-order chi connectivity index (χ1) is 16.8. The van der Waals surface area contributed by atoms with E-state index in [9.17, 15) is 9.90 Å². The van der Waals surface area contributed by atoms with Gasteiger partial charge >= 0.3 is 0 Å². The van der Waals surface area contributed by atoms with Gasteiger partial charge in [-0.05, 0) is 69.0 Å². The number of amides is 1. The zero-order chi connectivity index (χ0) is 24.4. The molecular formula is C30H34N2O3. The van der Waals surface area contributed by atoms with Crippen LogP contribution in [0.4, 0.5) is 0 Å². The summed E-state index contributed by atoms with van der Waals surface area (Å²) < 4.78 is 6.75. The number of hydrogen-bond donors (Lipinski definition) is 1. The normalized spacial score (nSPS) is 32.3. The van der Waals surface area contributed by atoms with E-state index >= 15 is 0 Å². The van der Waals surface area contributed by atoms with Crippen LogP contribution in [0.1, 0.15) is 49.8 Å². The second-order valence-corrected chi connectivity index (χ2v) is 11.2. The molecular weight excluding hydrogens is 436 g/mol. The molecule has 0 unspecified atom stereocenters. The smallest absolute Gasteiger partial charge is 0.299 e. The van der Waals surface area contributed by atoms with Gasteiger partial charge in [0.2, 0.25) is 0 Å². The predicted octanol–water partition coefficient (Wildman–Crippen LogP) is 3.38. The minimum Gasteiger partial charge on any atom is -0.487 e. The lowest BCUT2D eigenvalue weighted by Gasteiger charge is -2.64. The molecule has 182 valence electrons. The Bertz CT molecular complexity index is 1220. The van der Waals surface area contributed by atoms with Crippen molar-refractivity contribution in [2.24, 2.45) is 5.92 Å². The summed E-state index contributed by atoms with van der Waals surface area (Å²) in [4.78, 5) is 17.9. The molecule has 2 fully saturated rings. The van der Waals surface area contributed by atoms with Gasteiger partial charge in [0.1, 0.15) is 11.9 Å². The van der Waals surface area contributed by atoms with Crippen molar-refractivity contribution in [3.63, 3.8) is 0 Å². The number of likely N-dealkylation sites (tertiary alicyclic amines) is 1. The number of aliphatic hydroxyl groups is 1. The van der Waals surface area contributed by atoms with Gasteiger partial charge in [0.25, 0.3) is 5.91 Å². The summed E-state index contributed by atoms with van der Waals surface area (Å²) in [5, 5.41) is 12.4. The van der Waals surface area contributed by atoms with Gasteiger partial charge in [-0.1, -0.05) is 50.1 Å². The molecule has 6 rings (SSSR count). The zero-order valence-corrected chi connectivity index (χ0v) is 20.8. The molecule has 0 aromatic heterocycles. The highest BCUT2D eigenvalue weighted by molar-refractivity contribution is 5.94. The number of likely N-dealkylation sites (N-methyl/N-ethyl adjacent to an activating group) is 1. The first-order valence-corrected chi connectivity index (χ1v) is 12.9. The van der Waals surface area contributed by atoms with Crippen molar-refractivity contribution in [3.8, 4) is 17.6 Å². The average molecular weight is 471 g/mol. The Morgan fingerprint density at radius 3 is 2.77 bits per heavy atom. The predicted molar refractivity (Wildman–Crippen MR) is 135 cm³/mol. The molecule has 2 aliphatic carbocycles. The SMILES string of the molecule is CC(C)CN(C(=O)C#Cc1ccccc1)[C@@H]1CC[C@@]2(O)[C@H]3Cc4cccc5c4[C@@]2(CCN3C)[C@H]1O5. The second-order valence-electron chi connectivity index (χ2n) is 11.2. The molecule has 2 aromatic carbocycles. The topological polar surface area (TPSA) is 53.0 Å². The van der Waals surface area contributed by atoms with E-state index in [-0.39, 0.29) is 24.1 Å². The van der Waals surface area contributed by atoms with Gasteiger partial charge in [-0.25, -0.2) is 0 Å². The first kappa shape index (κ1) is 22.6. The summed E-state index contributed by atoms with van der Waals surface area (Å²) >= 11 is 0. The van der Waals surface area contributed by atoms with E-state index in [0.717, 1.165) is 30.7 Å². The van der Waals surface area contributed by atoms with E-state index in [2.05, 4.69) is 49.8 Å². The van der Waals surface area contributed by atoms with Gasteiger partial charge in [-0.15, -0.1) is 0 Å². The lowest BCUT2D eigenvalue weighted by atomic mass is 9.48.